The van der Waals surface area contributed by atoms with Gasteiger partial charge in [-0.3, -0.25) is 4.79 Å². The second-order valence-corrected chi connectivity index (χ2v) is 4.06. The standard InChI is InChI=1S/C14H15NO2/c1-10-3-2-4-11(7-10)8-13(16)14-6-5-12(9-15)17-14/h2-7H,8-9,15H2,1H3. The van der Waals surface area contributed by atoms with E-state index in [9.17, 15) is 4.79 Å². The molecule has 0 atom stereocenters. The van der Waals surface area contributed by atoms with Gasteiger partial charge in [0, 0.05) is 6.42 Å². The normalized spacial score (nSPS) is 10.5. The van der Waals surface area contributed by atoms with Crippen molar-refractivity contribution in [3.05, 3.63) is 59.0 Å². The summed E-state index contributed by atoms with van der Waals surface area (Å²) in [6.07, 6.45) is 0.360. The summed E-state index contributed by atoms with van der Waals surface area (Å²) in [5.41, 5.74) is 7.58. The van der Waals surface area contributed by atoms with E-state index < -0.39 is 0 Å². The first kappa shape index (κ1) is 11.6. The molecule has 0 bridgehead atoms. The third-order valence-corrected chi connectivity index (χ3v) is 2.58. The fourth-order valence-corrected chi connectivity index (χ4v) is 1.73. The van der Waals surface area contributed by atoms with Gasteiger partial charge in [-0.1, -0.05) is 29.8 Å². The van der Waals surface area contributed by atoms with Crippen LogP contribution >= 0.6 is 0 Å². The Morgan fingerprint density at radius 2 is 2.12 bits per heavy atom. The van der Waals surface area contributed by atoms with Crippen molar-refractivity contribution in [1.82, 2.24) is 0 Å². The summed E-state index contributed by atoms with van der Waals surface area (Å²) in [6.45, 7) is 2.32. The Bertz CT molecular complexity index is 529. The number of carbonyl (C=O) groups excluding carboxylic acids is 1. The lowest BCUT2D eigenvalue weighted by Crippen LogP contribution is -2.02. The summed E-state index contributed by atoms with van der Waals surface area (Å²) >= 11 is 0. The van der Waals surface area contributed by atoms with E-state index in [-0.39, 0.29) is 5.78 Å². The SMILES string of the molecule is Cc1cccc(CC(=O)c2ccc(CN)o2)c1. The highest BCUT2D eigenvalue weighted by Crippen LogP contribution is 2.12. The van der Waals surface area contributed by atoms with Crippen LogP contribution in [0.1, 0.15) is 27.4 Å². The van der Waals surface area contributed by atoms with Gasteiger partial charge in [0.15, 0.2) is 5.76 Å². The van der Waals surface area contributed by atoms with Crippen LogP contribution in [-0.4, -0.2) is 5.78 Å². The lowest BCUT2D eigenvalue weighted by atomic mass is 10.1. The van der Waals surface area contributed by atoms with Crippen LogP contribution in [0.25, 0.3) is 0 Å². The van der Waals surface area contributed by atoms with Crippen molar-refractivity contribution in [3.8, 4) is 0 Å². The Morgan fingerprint density at radius 3 is 2.76 bits per heavy atom. The predicted octanol–water partition coefficient (Wildman–Crippen LogP) is 2.47. The van der Waals surface area contributed by atoms with Crippen LogP contribution in [0.4, 0.5) is 0 Å². The first-order valence-electron chi connectivity index (χ1n) is 5.56. The van der Waals surface area contributed by atoms with Crippen molar-refractivity contribution in [3.63, 3.8) is 0 Å². The first-order valence-corrected chi connectivity index (χ1v) is 5.56. The van der Waals surface area contributed by atoms with Crippen LogP contribution in [0.5, 0.6) is 0 Å². The summed E-state index contributed by atoms with van der Waals surface area (Å²) in [5, 5.41) is 0. The van der Waals surface area contributed by atoms with Gasteiger partial charge in [0.1, 0.15) is 5.76 Å². The minimum absolute atomic E-state index is 0.0182. The van der Waals surface area contributed by atoms with Gasteiger partial charge in [0.2, 0.25) is 5.78 Å². The molecule has 3 nitrogen and oxygen atoms in total. The van der Waals surface area contributed by atoms with Gasteiger partial charge in [0.05, 0.1) is 6.54 Å². The van der Waals surface area contributed by atoms with E-state index in [1.807, 2.05) is 31.2 Å². The number of hydrogen-bond acceptors (Lipinski definition) is 3. The highest BCUT2D eigenvalue weighted by atomic mass is 16.3. The van der Waals surface area contributed by atoms with Crippen LogP contribution in [0.15, 0.2) is 40.8 Å². The quantitative estimate of drug-likeness (QED) is 0.819. The molecule has 3 heteroatoms. The van der Waals surface area contributed by atoms with Gasteiger partial charge in [-0.25, -0.2) is 0 Å². The number of ketones is 1. The molecule has 1 aromatic carbocycles. The van der Waals surface area contributed by atoms with E-state index >= 15 is 0 Å². The maximum Gasteiger partial charge on any atom is 0.202 e. The van der Waals surface area contributed by atoms with Gasteiger partial charge < -0.3 is 10.2 Å². The number of aryl methyl sites for hydroxylation is 1. The topological polar surface area (TPSA) is 56.2 Å². The number of furan rings is 1. The molecule has 0 spiro atoms. The maximum atomic E-state index is 11.9. The average molecular weight is 229 g/mol. The van der Waals surface area contributed by atoms with Gasteiger partial charge in [-0.05, 0) is 24.6 Å². The zero-order chi connectivity index (χ0) is 12.3. The second kappa shape index (κ2) is 4.97. The van der Waals surface area contributed by atoms with Crippen molar-refractivity contribution < 1.29 is 9.21 Å². The van der Waals surface area contributed by atoms with Crippen molar-refractivity contribution >= 4 is 5.78 Å². The predicted molar refractivity (Wildman–Crippen MR) is 65.8 cm³/mol. The van der Waals surface area contributed by atoms with Crippen LogP contribution in [0.3, 0.4) is 0 Å². The molecule has 88 valence electrons. The first-order chi connectivity index (χ1) is 8.19. The molecule has 0 aliphatic rings. The second-order valence-electron chi connectivity index (χ2n) is 4.06. The fourth-order valence-electron chi connectivity index (χ4n) is 1.73. The zero-order valence-corrected chi connectivity index (χ0v) is 9.77. The minimum Gasteiger partial charge on any atom is -0.457 e. The highest BCUT2D eigenvalue weighted by Gasteiger charge is 2.11. The largest absolute Gasteiger partial charge is 0.457 e. The van der Waals surface area contributed by atoms with E-state index in [1.54, 1.807) is 12.1 Å². The Kier molecular flexibility index (Phi) is 3.40. The lowest BCUT2D eigenvalue weighted by molar-refractivity contribution is 0.0964. The van der Waals surface area contributed by atoms with Crippen molar-refractivity contribution in [2.45, 2.75) is 19.9 Å². The smallest absolute Gasteiger partial charge is 0.202 e. The molecular formula is C14H15NO2. The maximum absolute atomic E-state index is 11.9. The van der Waals surface area contributed by atoms with E-state index in [1.165, 1.54) is 0 Å². The molecule has 0 aliphatic heterocycles. The molecule has 0 aliphatic carbocycles. The molecule has 0 saturated heterocycles. The summed E-state index contributed by atoms with van der Waals surface area (Å²) < 4.78 is 5.32. The molecule has 1 heterocycles. The number of carbonyl (C=O) groups is 1. The Morgan fingerprint density at radius 1 is 1.29 bits per heavy atom. The van der Waals surface area contributed by atoms with Crippen molar-refractivity contribution in [1.29, 1.82) is 0 Å². The zero-order valence-electron chi connectivity index (χ0n) is 9.77. The Labute approximate surface area is 100 Å². The highest BCUT2D eigenvalue weighted by molar-refractivity contribution is 5.95. The van der Waals surface area contributed by atoms with E-state index in [0.29, 0.717) is 24.5 Å². The molecule has 2 rings (SSSR count). The van der Waals surface area contributed by atoms with Gasteiger partial charge in [-0.15, -0.1) is 0 Å². The van der Waals surface area contributed by atoms with E-state index in [2.05, 4.69) is 0 Å². The van der Waals surface area contributed by atoms with Gasteiger partial charge >= 0.3 is 0 Å². The fraction of sp³-hybridized carbons (Fsp3) is 0.214. The van der Waals surface area contributed by atoms with E-state index in [4.69, 9.17) is 10.2 Å². The molecular weight excluding hydrogens is 214 g/mol. The van der Waals surface area contributed by atoms with Crippen molar-refractivity contribution in [2.24, 2.45) is 5.73 Å². The monoisotopic (exact) mass is 229 g/mol. The molecule has 0 radical (unpaired) electrons. The minimum atomic E-state index is -0.0182. The summed E-state index contributed by atoms with van der Waals surface area (Å²) in [4.78, 5) is 11.9. The molecule has 0 unspecified atom stereocenters. The average Bonchev–Trinajstić information content (AvgIpc) is 2.77. The Balaban J connectivity index is 2.11. The summed E-state index contributed by atoms with van der Waals surface area (Å²) in [7, 11) is 0. The Hall–Kier alpha value is -1.87. The number of benzene rings is 1. The van der Waals surface area contributed by atoms with Crippen molar-refractivity contribution in [2.75, 3.05) is 0 Å². The van der Waals surface area contributed by atoms with Gasteiger partial charge in [0.25, 0.3) is 0 Å². The van der Waals surface area contributed by atoms with Crippen LogP contribution in [0.2, 0.25) is 0 Å². The number of hydrogen-bond donors (Lipinski definition) is 1. The van der Waals surface area contributed by atoms with Crippen LogP contribution in [-0.2, 0) is 13.0 Å². The molecule has 2 N–H and O–H groups in total. The molecule has 0 amide bonds. The van der Waals surface area contributed by atoms with E-state index in [0.717, 1.165) is 11.1 Å². The van der Waals surface area contributed by atoms with Gasteiger partial charge in [-0.2, -0.15) is 0 Å². The third-order valence-electron chi connectivity index (χ3n) is 2.58. The molecule has 1 aromatic heterocycles. The molecule has 0 saturated carbocycles. The number of Topliss-reactive ketones (excluding diaryl/α,β-unsaturated/α-hetero) is 1. The summed E-state index contributed by atoms with van der Waals surface area (Å²) in [6, 6.07) is 11.3. The summed E-state index contributed by atoms with van der Waals surface area (Å²) in [5.74, 6) is 1.000. The lowest BCUT2D eigenvalue weighted by Gasteiger charge is -2.00. The molecule has 2 aromatic rings. The van der Waals surface area contributed by atoms with Crippen LogP contribution < -0.4 is 5.73 Å². The molecule has 0 fully saturated rings. The molecule has 17 heavy (non-hydrogen) atoms. The van der Waals surface area contributed by atoms with Crippen LogP contribution in [0, 0.1) is 6.92 Å². The third kappa shape index (κ3) is 2.82. The number of nitrogens with two attached hydrogens (primary N) is 1. The number of rotatable bonds is 4.